The topological polar surface area (TPSA) is 123 Å². The molecule has 1 aromatic heterocycles. The van der Waals surface area contributed by atoms with Gasteiger partial charge >= 0.3 is 24.7 Å². The van der Waals surface area contributed by atoms with Gasteiger partial charge < -0.3 is 24.8 Å². The Morgan fingerprint density at radius 2 is 1.46 bits per heavy atom. The number of carbonyl (C=O) groups is 2. The zero-order valence-corrected chi connectivity index (χ0v) is 35.9. The Labute approximate surface area is 367 Å². The van der Waals surface area contributed by atoms with Crippen LogP contribution in [0.2, 0.25) is 5.02 Å². The summed E-state index contributed by atoms with van der Waals surface area (Å²) >= 11 is 12.5. The minimum absolute atomic E-state index is 0.0331. The van der Waals surface area contributed by atoms with Gasteiger partial charge in [0, 0.05) is 14.5 Å². The first-order chi connectivity index (χ1) is 28.4. The molecule has 0 aliphatic rings. The van der Waals surface area contributed by atoms with Crippen molar-refractivity contribution in [3.8, 4) is 23.3 Å². The molecule has 0 aliphatic carbocycles. The summed E-state index contributed by atoms with van der Waals surface area (Å²) in [6.07, 6.45) is -15.5. The lowest BCUT2D eigenvalue weighted by molar-refractivity contribution is -0.274. The molecule has 1 amide bonds. The summed E-state index contributed by atoms with van der Waals surface area (Å²) < 4.78 is 129. The number of anilines is 2. The van der Waals surface area contributed by atoms with Crippen LogP contribution in [0.15, 0.2) is 93.9 Å². The molecule has 0 radical (unpaired) electrons. The highest BCUT2D eigenvalue weighted by Gasteiger charge is 2.40. The lowest BCUT2D eigenvalue weighted by Crippen LogP contribution is -2.36. The van der Waals surface area contributed by atoms with Crippen molar-refractivity contribution in [1.82, 2.24) is 4.98 Å². The summed E-state index contributed by atoms with van der Waals surface area (Å²) in [4.78, 5) is 27.8. The van der Waals surface area contributed by atoms with Gasteiger partial charge in [-0.3, -0.25) is 4.79 Å². The number of nitrogens with one attached hydrogen (secondary N) is 2. The van der Waals surface area contributed by atoms with Crippen LogP contribution >= 0.6 is 54.8 Å². The maximum Gasteiger partial charge on any atom is 0.573 e. The third kappa shape index (κ3) is 14.0. The van der Waals surface area contributed by atoms with Crippen molar-refractivity contribution in [2.75, 3.05) is 10.6 Å². The zero-order valence-electron chi connectivity index (χ0n) is 31.2. The second-order valence-electron chi connectivity index (χ2n) is 12.7. The van der Waals surface area contributed by atoms with Crippen LogP contribution in [0.1, 0.15) is 51.5 Å². The predicted octanol–water partition coefficient (Wildman–Crippen LogP) is 13.5. The number of halogens is 12. The van der Waals surface area contributed by atoms with E-state index in [0.29, 0.717) is 28.4 Å². The van der Waals surface area contributed by atoms with Crippen molar-refractivity contribution in [2.45, 2.75) is 51.6 Å². The van der Waals surface area contributed by atoms with Crippen molar-refractivity contribution in [2.24, 2.45) is 5.92 Å². The van der Waals surface area contributed by atoms with E-state index in [1.807, 2.05) is 24.3 Å². The number of thiazole rings is 1. The van der Waals surface area contributed by atoms with E-state index in [4.69, 9.17) is 21.1 Å². The molecule has 5 rings (SSSR count). The normalized spacial score (nSPS) is 12.6. The zero-order chi connectivity index (χ0) is 45.4. The first-order valence-electron chi connectivity index (χ1n) is 17.0. The number of para-hydroxylation sites is 1. The molecule has 22 heteroatoms. The van der Waals surface area contributed by atoms with Crippen LogP contribution in [-0.2, 0) is 21.9 Å². The van der Waals surface area contributed by atoms with Crippen LogP contribution < -0.4 is 20.1 Å². The molecule has 0 saturated carbocycles. The van der Waals surface area contributed by atoms with Gasteiger partial charge in [0.25, 0.3) is 5.91 Å². The van der Waals surface area contributed by atoms with Crippen molar-refractivity contribution in [3.63, 3.8) is 0 Å². The number of hydrogen-bond acceptors (Lipinski definition) is 9. The van der Waals surface area contributed by atoms with E-state index in [1.165, 1.54) is 6.92 Å². The number of alkyl halides is 9. The SMILES string of the molecule is CC(C)[C@@H](Nc1ccc(C(F)(F)F)cc1Cl)C(=O)OC(C#N)c1cccc(Oc2ccccc2)c1.Cc1nc(C(F)(F)F)c(C(=O)Nc2c(Br)cc(OC(F)(F)F)cc2Br)s1. The fourth-order valence-corrected chi connectivity index (χ4v) is 7.42. The third-order valence-electron chi connectivity index (χ3n) is 7.72. The molecule has 0 bridgehead atoms. The van der Waals surface area contributed by atoms with Crippen LogP contribution in [-0.4, -0.2) is 29.3 Å². The maximum atomic E-state index is 13.0. The van der Waals surface area contributed by atoms with Crippen LogP contribution in [0.3, 0.4) is 0 Å². The molecule has 9 nitrogen and oxygen atoms in total. The second kappa shape index (κ2) is 20.2. The fraction of sp³-hybridized carbons (Fsp3) is 0.231. The molecule has 0 aliphatic heterocycles. The number of carbonyl (C=O) groups excluding carboxylic acids is 2. The molecule has 2 N–H and O–H groups in total. The summed E-state index contributed by atoms with van der Waals surface area (Å²) in [6, 6.07) is 21.3. The Balaban J connectivity index is 0.000000281. The molecule has 5 aromatic rings. The average Bonchev–Trinajstić information content (AvgIpc) is 3.57. The van der Waals surface area contributed by atoms with Crippen LogP contribution in [0, 0.1) is 24.2 Å². The molecule has 2 atom stereocenters. The van der Waals surface area contributed by atoms with Gasteiger partial charge in [0.1, 0.15) is 34.2 Å². The summed E-state index contributed by atoms with van der Waals surface area (Å²) in [6.45, 7) is 4.77. The van der Waals surface area contributed by atoms with Crippen molar-refractivity contribution in [3.05, 3.63) is 126 Å². The molecule has 61 heavy (non-hydrogen) atoms. The van der Waals surface area contributed by atoms with E-state index in [2.05, 4.69) is 52.2 Å². The second-order valence-corrected chi connectivity index (χ2v) is 16.0. The van der Waals surface area contributed by atoms with Crippen LogP contribution in [0.4, 0.5) is 50.9 Å². The molecule has 1 heterocycles. The molecular formula is C39H28Br2ClF9N4O5S. The number of aryl methyl sites for hydroxylation is 1. The minimum Gasteiger partial charge on any atom is -0.457 e. The summed E-state index contributed by atoms with van der Waals surface area (Å²) in [5, 5.41) is 14.6. The smallest absolute Gasteiger partial charge is 0.457 e. The van der Waals surface area contributed by atoms with Gasteiger partial charge in [0.15, 0.2) is 5.69 Å². The lowest BCUT2D eigenvalue weighted by Gasteiger charge is -2.24. The third-order valence-corrected chi connectivity index (χ3v) is 10.2. The number of amides is 1. The molecule has 4 aromatic carbocycles. The van der Waals surface area contributed by atoms with Gasteiger partial charge in [-0.25, -0.2) is 9.78 Å². The lowest BCUT2D eigenvalue weighted by atomic mass is 10.0. The molecule has 324 valence electrons. The molecule has 1 unspecified atom stereocenters. The summed E-state index contributed by atoms with van der Waals surface area (Å²) in [5.41, 5.74) is -1.75. The molecule has 0 saturated heterocycles. The Hall–Kier alpha value is -5.04. The average molecular weight is 1030 g/mol. The number of rotatable bonds is 11. The highest BCUT2D eigenvalue weighted by Crippen LogP contribution is 2.40. The highest BCUT2D eigenvalue weighted by atomic mass is 79.9. The Morgan fingerprint density at radius 1 is 0.836 bits per heavy atom. The maximum absolute atomic E-state index is 13.0. The van der Waals surface area contributed by atoms with Crippen LogP contribution in [0.5, 0.6) is 17.2 Å². The number of benzene rings is 4. The van der Waals surface area contributed by atoms with Gasteiger partial charge in [-0.2, -0.15) is 31.6 Å². The van der Waals surface area contributed by atoms with Gasteiger partial charge in [-0.1, -0.05) is 55.8 Å². The Morgan fingerprint density at radius 3 is 2.00 bits per heavy atom. The Kier molecular flexibility index (Phi) is 16.1. The number of aromatic nitrogens is 1. The number of ether oxygens (including phenoxy) is 3. The largest absolute Gasteiger partial charge is 0.573 e. The summed E-state index contributed by atoms with van der Waals surface area (Å²) in [7, 11) is 0. The fourth-order valence-electron chi connectivity index (χ4n) is 5.00. The van der Waals surface area contributed by atoms with E-state index >= 15 is 0 Å². The standard InChI is InChI=1S/C26H22ClF3N2O3.C13H6Br2F6N2O2S/c1-16(2)24(32-22-12-11-18(14-21(22)27)26(28,29)30)25(33)35-23(15-31)17-7-6-10-20(13-17)34-19-8-4-3-5-9-19;1-4-22-10(12(16,17)18)9(26-4)11(24)23-8-6(14)2-5(3-7(8)15)25-13(19,20)21/h3-14,16,23-24,32H,1-2H3;2-3H,1H3,(H,23,24)/t23?,24-;/m1./s1. The van der Waals surface area contributed by atoms with E-state index in [1.54, 1.807) is 50.2 Å². The number of nitrogens with zero attached hydrogens (tertiary/aromatic N) is 2. The molecule has 0 fully saturated rings. The van der Waals surface area contributed by atoms with Crippen molar-refractivity contribution < 1.29 is 63.3 Å². The van der Waals surface area contributed by atoms with E-state index in [0.717, 1.165) is 30.3 Å². The van der Waals surface area contributed by atoms with E-state index in [9.17, 15) is 54.4 Å². The van der Waals surface area contributed by atoms with Gasteiger partial charge in [-0.15, -0.1) is 24.5 Å². The van der Waals surface area contributed by atoms with Gasteiger partial charge in [0.2, 0.25) is 6.10 Å². The first kappa shape index (κ1) is 48.6. The highest BCUT2D eigenvalue weighted by molar-refractivity contribution is 9.11. The molecular weight excluding hydrogens is 1000 g/mol. The van der Waals surface area contributed by atoms with Crippen molar-refractivity contribution >= 4 is 78.0 Å². The summed E-state index contributed by atoms with van der Waals surface area (Å²) in [5.74, 6) is -1.70. The predicted molar refractivity (Wildman–Crippen MR) is 214 cm³/mol. The quantitative estimate of drug-likeness (QED) is 0.0991. The number of hydrogen-bond donors (Lipinski definition) is 2. The van der Waals surface area contributed by atoms with Gasteiger partial charge in [0.05, 0.1) is 27.0 Å². The van der Waals surface area contributed by atoms with E-state index < -0.39 is 64.6 Å². The van der Waals surface area contributed by atoms with Gasteiger partial charge in [-0.05, 0) is 99.3 Å². The number of esters is 1. The number of nitriles is 1. The minimum atomic E-state index is -4.93. The Bertz CT molecular complexity index is 2370. The monoisotopic (exact) mass is 1030 g/mol. The van der Waals surface area contributed by atoms with Crippen LogP contribution in [0.25, 0.3) is 0 Å². The van der Waals surface area contributed by atoms with E-state index in [-0.39, 0.29) is 36.3 Å². The first-order valence-corrected chi connectivity index (χ1v) is 19.8. The van der Waals surface area contributed by atoms with Crippen molar-refractivity contribution in [1.29, 1.82) is 5.26 Å². The molecule has 0 spiro atoms.